The number of carbonyl (C=O) groups is 1. The number of hydrogen-bond acceptors (Lipinski definition) is 2. The largest absolute Gasteiger partial charge is 0.298 e. The first-order chi connectivity index (χ1) is 8.86. The number of carbonyl (C=O) groups excluding carboxylic acids is 1. The molecule has 0 aromatic carbocycles. The molecule has 0 bridgehead atoms. The zero-order chi connectivity index (χ0) is 12.4. The van der Waals surface area contributed by atoms with Gasteiger partial charge in [-0.2, -0.15) is 0 Å². The van der Waals surface area contributed by atoms with Gasteiger partial charge in [-0.05, 0) is 51.0 Å². The molecule has 2 aliphatic carbocycles. The molecule has 3 fully saturated rings. The van der Waals surface area contributed by atoms with Gasteiger partial charge < -0.3 is 0 Å². The van der Waals surface area contributed by atoms with Crippen LogP contribution in [0.3, 0.4) is 0 Å². The van der Waals surface area contributed by atoms with E-state index in [0.29, 0.717) is 11.8 Å². The van der Waals surface area contributed by atoms with E-state index in [1.165, 1.54) is 57.9 Å². The van der Waals surface area contributed by atoms with Crippen molar-refractivity contribution in [3.63, 3.8) is 0 Å². The molecule has 3 unspecified atom stereocenters. The second-order valence-corrected chi connectivity index (χ2v) is 6.57. The van der Waals surface area contributed by atoms with E-state index in [1.54, 1.807) is 0 Å². The topological polar surface area (TPSA) is 20.3 Å². The first-order valence-corrected chi connectivity index (χ1v) is 8.15. The fraction of sp³-hybridized carbons (Fsp3) is 0.938. The summed E-state index contributed by atoms with van der Waals surface area (Å²) in [6.45, 7) is 1.19. The molecule has 18 heavy (non-hydrogen) atoms. The molecule has 2 heteroatoms. The van der Waals surface area contributed by atoms with Crippen LogP contribution < -0.4 is 0 Å². The standard InChI is InChI=1S/C16H27NO/c18-16-11-3-1-2-10-15(16)17-12-6-8-13-7-4-5-9-14(13)17/h13-15H,1-12H2. The Morgan fingerprint density at radius 2 is 1.61 bits per heavy atom. The van der Waals surface area contributed by atoms with Gasteiger partial charge in [0.25, 0.3) is 0 Å². The number of nitrogens with zero attached hydrogens (tertiary/aromatic N) is 1. The van der Waals surface area contributed by atoms with Crippen LogP contribution in [0.1, 0.15) is 70.6 Å². The molecule has 2 nitrogen and oxygen atoms in total. The van der Waals surface area contributed by atoms with Crippen molar-refractivity contribution in [1.29, 1.82) is 0 Å². The molecular formula is C16H27NO. The molecule has 3 atom stereocenters. The van der Waals surface area contributed by atoms with Crippen LogP contribution in [-0.2, 0) is 4.79 Å². The van der Waals surface area contributed by atoms with Gasteiger partial charge in [-0.15, -0.1) is 0 Å². The summed E-state index contributed by atoms with van der Waals surface area (Å²) in [5.74, 6) is 1.46. The minimum absolute atomic E-state index is 0.290. The third-order valence-corrected chi connectivity index (χ3v) is 5.46. The van der Waals surface area contributed by atoms with E-state index in [0.717, 1.165) is 31.2 Å². The summed E-state index contributed by atoms with van der Waals surface area (Å²) in [6.07, 6.45) is 14.0. The van der Waals surface area contributed by atoms with Crippen molar-refractivity contribution in [3.8, 4) is 0 Å². The van der Waals surface area contributed by atoms with Gasteiger partial charge in [0.2, 0.25) is 0 Å². The number of hydrogen-bond donors (Lipinski definition) is 0. The van der Waals surface area contributed by atoms with Gasteiger partial charge in [-0.1, -0.05) is 25.7 Å². The van der Waals surface area contributed by atoms with Crippen molar-refractivity contribution in [2.24, 2.45) is 5.92 Å². The van der Waals surface area contributed by atoms with Gasteiger partial charge in [0.05, 0.1) is 6.04 Å². The molecule has 0 amide bonds. The number of ketones is 1. The van der Waals surface area contributed by atoms with Gasteiger partial charge in [-0.3, -0.25) is 9.69 Å². The zero-order valence-electron chi connectivity index (χ0n) is 11.6. The Hall–Kier alpha value is -0.370. The van der Waals surface area contributed by atoms with Crippen LogP contribution >= 0.6 is 0 Å². The molecule has 1 heterocycles. The molecule has 0 aromatic rings. The lowest BCUT2D eigenvalue weighted by molar-refractivity contribution is -0.127. The first kappa shape index (κ1) is 12.7. The Labute approximate surface area is 111 Å². The van der Waals surface area contributed by atoms with Gasteiger partial charge >= 0.3 is 0 Å². The van der Waals surface area contributed by atoms with Crippen LogP contribution in [-0.4, -0.2) is 29.3 Å². The predicted molar refractivity (Wildman–Crippen MR) is 73.6 cm³/mol. The molecule has 3 aliphatic rings. The van der Waals surface area contributed by atoms with Gasteiger partial charge in [0.15, 0.2) is 0 Å². The SMILES string of the molecule is O=C1CCCCCC1N1CCCC2CCCCC21. The van der Waals surface area contributed by atoms with Crippen molar-refractivity contribution in [2.75, 3.05) is 6.54 Å². The maximum Gasteiger partial charge on any atom is 0.149 e. The Kier molecular flexibility index (Phi) is 4.03. The van der Waals surface area contributed by atoms with E-state index in [1.807, 2.05) is 0 Å². The quantitative estimate of drug-likeness (QED) is 0.662. The number of rotatable bonds is 1. The lowest BCUT2D eigenvalue weighted by Gasteiger charge is -2.47. The maximum atomic E-state index is 12.3. The summed E-state index contributed by atoms with van der Waals surface area (Å²) >= 11 is 0. The van der Waals surface area contributed by atoms with E-state index in [-0.39, 0.29) is 0 Å². The molecule has 0 spiro atoms. The summed E-state index contributed by atoms with van der Waals surface area (Å²) < 4.78 is 0. The number of piperidine rings is 1. The highest BCUT2D eigenvalue weighted by atomic mass is 16.1. The Morgan fingerprint density at radius 1 is 0.833 bits per heavy atom. The summed E-state index contributed by atoms with van der Waals surface area (Å²) in [5.41, 5.74) is 0. The second-order valence-electron chi connectivity index (χ2n) is 6.57. The number of fused-ring (bicyclic) bond motifs is 1. The summed E-state index contributed by atoms with van der Waals surface area (Å²) in [4.78, 5) is 15.0. The van der Waals surface area contributed by atoms with E-state index < -0.39 is 0 Å². The Morgan fingerprint density at radius 3 is 2.56 bits per heavy atom. The summed E-state index contributed by atoms with van der Waals surface area (Å²) in [7, 11) is 0. The minimum atomic E-state index is 0.290. The van der Waals surface area contributed by atoms with Crippen LogP contribution in [0, 0.1) is 5.92 Å². The lowest BCUT2D eigenvalue weighted by atomic mass is 9.77. The van der Waals surface area contributed by atoms with Crippen molar-refractivity contribution >= 4 is 5.78 Å². The molecule has 1 aliphatic heterocycles. The molecule has 3 rings (SSSR count). The molecule has 2 saturated carbocycles. The predicted octanol–water partition coefficient (Wildman–Crippen LogP) is 3.54. The summed E-state index contributed by atoms with van der Waals surface area (Å²) in [6, 6.07) is 1.04. The monoisotopic (exact) mass is 249 g/mol. The van der Waals surface area contributed by atoms with Crippen molar-refractivity contribution in [2.45, 2.75) is 82.7 Å². The average molecular weight is 249 g/mol. The third kappa shape index (κ3) is 2.49. The van der Waals surface area contributed by atoms with Crippen molar-refractivity contribution < 1.29 is 4.79 Å². The zero-order valence-corrected chi connectivity index (χ0v) is 11.6. The molecule has 0 aromatic heterocycles. The lowest BCUT2D eigenvalue weighted by Crippen LogP contribution is -2.53. The highest BCUT2D eigenvalue weighted by molar-refractivity contribution is 5.84. The average Bonchev–Trinajstić information content (AvgIpc) is 2.63. The Bertz CT molecular complexity index is 299. The van der Waals surface area contributed by atoms with Crippen molar-refractivity contribution in [3.05, 3.63) is 0 Å². The van der Waals surface area contributed by atoms with E-state index >= 15 is 0 Å². The third-order valence-electron chi connectivity index (χ3n) is 5.46. The van der Waals surface area contributed by atoms with Crippen LogP contribution in [0.4, 0.5) is 0 Å². The van der Waals surface area contributed by atoms with Crippen LogP contribution in [0.2, 0.25) is 0 Å². The molecule has 0 radical (unpaired) electrons. The van der Waals surface area contributed by atoms with Crippen LogP contribution in [0.15, 0.2) is 0 Å². The number of Topliss-reactive ketones (excluding diaryl/α,β-unsaturated/α-hetero) is 1. The van der Waals surface area contributed by atoms with Crippen LogP contribution in [0.25, 0.3) is 0 Å². The normalized spacial score (nSPS) is 39.1. The molecular weight excluding hydrogens is 222 g/mol. The molecule has 0 N–H and O–H groups in total. The fourth-order valence-electron chi connectivity index (χ4n) is 4.54. The second kappa shape index (κ2) is 5.73. The summed E-state index contributed by atoms with van der Waals surface area (Å²) in [5, 5.41) is 0. The minimum Gasteiger partial charge on any atom is -0.298 e. The Balaban J connectivity index is 1.74. The van der Waals surface area contributed by atoms with Crippen molar-refractivity contribution in [1.82, 2.24) is 4.90 Å². The fourth-order valence-corrected chi connectivity index (χ4v) is 4.54. The van der Waals surface area contributed by atoms with Gasteiger partial charge in [-0.25, -0.2) is 0 Å². The van der Waals surface area contributed by atoms with E-state index in [4.69, 9.17) is 0 Å². The highest BCUT2D eigenvalue weighted by Gasteiger charge is 2.38. The first-order valence-electron chi connectivity index (χ1n) is 8.15. The highest BCUT2D eigenvalue weighted by Crippen LogP contribution is 2.37. The molecule has 1 saturated heterocycles. The van der Waals surface area contributed by atoms with E-state index in [9.17, 15) is 4.79 Å². The van der Waals surface area contributed by atoms with Gasteiger partial charge in [0.1, 0.15) is 5.78 Å². The smallest absolute Gasteiger partial charge is 0.149 e. The maximum absolute atomic E-state index is 12.3. The van der Waals surface area contributed by atoms with E-state index in [2.05, 4.69) is 4.90 Å². The number of likely N-dealkylation sites (tertiary alicyclic amines) is 1. The van der Waals surface area contributed by atoms with Gasteiger partial charge in [0, 0.05) is 12.5 Å². The van der Waals surface area contributed by atoms with Crippen LogP contribution in [0.5, 0.6) is 0 Å². The molecule has 102 valence electrons.